The lowest BCUT2D eigenvalue weighted by atomic mass is 9.73. The number of rotatable bonds is 4. The van der Waals surface area contributed by atoms with Crippen LogP contribution in [0.4, 0.5) is 0 Å². The predicted molar refractivity (Wildman–Crippen MR) is 140 cm³/mol. The second-order valence-corrected chi connectivity index (χ2v) is 10.0. The van der Waals surface area contributed by atoms with Crippen LogP contribution in [0.3, 0.4) is 0 Å². The van der Waals surface area contributed by atoms with Crippen LogP contribution >= 0.6 is 0 Å². The third-order valence-corrected chi connectivity index (χ3v) is 7.94. The van der Waals surface area contributed by atoms with E-state index in [4.69, 9.17) is 15.5 Å². The Morgan fingerprint density at radius 1 is 1.26 bits per heavy atom. The quantitative estimate of drug-likeness (QED) is 0.479. The van der Waals surface area contributed by atoms with Gasteiger partial charge in [-0.2, -0.15) is 0 Å². The zero-order valence-corrected chi connectivity index (χ0v) is 20.4. The van der Waals surface area contributed by atoms with E-state index in [1.165, 1.54) is 16.7 Å². The largest absolute Gasteiger partial charge is 0.377 e. The highest BCUT2D eigenvalue weighted by atomic mass is 16.5. The van der Waals surface area contributed by atoms with E-state index in [9.17, 15) is 0 Å². The molecule has 3 aliphatic heterocycles. The average Bonchev–Trinajstić information content (AvgIpc) is 3.05. The van der Waals surface area contributed by atoms with Crippen LogP contribution in [0.5, 0.6) is 0 Å². The molecule has 4 heteroatoms. The van der Waals surface area contributed by atoms with E-state index < -0.39 is 0 Å². The number of likely N-dealkylation sites (tertiary alicyclic amines) is 1. The highest BCUT2D eigenvalue weighted by Crippen LogP contribution is 2.51. The van der Waals surface area contributed by atoms with Gasteiger partial charge in [-0.15, -0.1) is 5.73 Å². The van der Waals surface area contributed by atoms with Crippen molar-refractivity contribution >= 4 is 5.71 Å². The first kappa shape index (κ1) is 22.9. The Labute approximate surface area is 203 Å². The van der Waals surface area contributed by atoms with Gasteiger partial charge in [0.05, 0.1) is 18.9 Å². The number of allylic oxidation sites excluding steroid dienone is 5. The molecule has 0 saturated carbocycles. The first-order chi connectivity index (χ1) is 16.5. The zero-order valence-electron chi connectivity index (χ0n) is 20.4. The van der Waals surface area contributed by atoms with Gasteiger partial charge in [-0.3, -0.25) is 0 Å². The number of piperidine rings is 1. The molecule has 1 spiro atoms. The Balaban J connectivity index is 1.33. The third-order valence-electron chi connectivity index (χ3n) is 7.94. The van der Waals surface area contributed by atoms with Gasteiger partial charge in [0.15, 0.2) is 0 Å². The summed E-state index contributed by atoms with van der Waals surface area (Å²) in [7, 11) is 0. The molecule has 0 aromatic heterocycles. The number of nitrogens with zero attached hydrogens (tertiary/aromatic N) is 2. The van der Waals surface area contributed by atoms with Crippen molar-refractivity contribution in [3.8, 4) is 0 Å². The maximum Gasteiger partial charge on any atom is 0.132 e. The van der Waals surface area contributed by atoms with E-state index in [0.29, 0.717) is 6.61 Å². The summed E-state index contributed by atoms with van der Waals surface area (Å²) in [6.07, 6.45) is 12.5. The smallest absolute Gasteiger partial charge is 0.132 e. The number of hydrogen-bond donors (Lipinski definition) is 1. The molecule has 0 bridgehead atoms. The lowest BCUT2D eigenvalue weighted by Gasteiger charge is -2.43. The van der Waals surface area contributed by atoms with E-state index in [1.807, 2.05) is 0 Å². The number of fused-ring (bicyclic) bond motifs is 1. The van der Waals surface area contributed by atoms with Crippen molar-refractivity contribution in [2.75, 3.05) is 26.3 Å². The van der Waals surface area contributed by atoms with Crippen LogP contribution in [0.15, 0.2) is 94.0 Å². The number of ether oxygens (including phenoxy) is 1. The summed E-state index contributed by atoms with van der Waals surface area (Å²) in [5.41, 5.74) is 18.6. The van der Waals surface area contributed by atoms with Gasteiger partial charge in [-0.25, -0.2) is 4.99 Å². The van der Waals surface area contributed by atoms with E-state index >= 15 is 0 Å². The normalized spacial score (nSPS) is 24.1. The maximum absolute atomic E-state index is 6.79. The van der Waals surface area contributed by atoms with Crippen LogP contribution in [0.2, 0.25) is 0 Å². The predicted octanol–water partition coefficient (Wildman–Crippen LogP) is 5.57. The zero-order chi connectivity index (χ0) is 23.7. The lowest BCUT2D eigenvalue weighted by molar-refractivity contribution is 0.109. The molecular formula is C30H35N3O. The van der Waals surface area contributed by atoms with Gasteiger partial charge in [0, 0.05) is 24.7 Å². The summed E-state index contributed by atoms with van der Waals surface area (Å²) in [4.78, 5) is 7.58. The summed E-state index contributed by atoms with van der Waals surface area (Å²) in [6, 6.07) is 8.85. The van der Waals surface area contributed by atoms with Crippen molar-refractivity contribution in [2.45, 2.75) is 45.6 Å². The van der Waals surface area contributed by atoms with Gasteiger partial charge in [0.2, 0.25) is 0 Å². The summed E-state index contributed by atoms with van der Waals surface area (Å²) in [6.45, 7) is 11.9. The van der Waals surface area contributed by atoms with Gasteiger partial charge in [-0.1, -0.05) is 43.0 Å². The van der Waals surface area contributed by atoms with Crippen molar-refractivity contribution in [1.82, 2.24) is 4.90 Å². The molecule has 176 valence electrons. The van der Waals surface area contributed by atoms with Gasteiger partial charge in [0.25, 0.3) is 0 Å². The van der Waals surface area contributed by atoms with E-state index in [0.717, 1.165) is 73.6 Å². The van der Waals surface area contributed by atoms with E-state index in [2.05, 4.69) is 79.6 Å². The Bertz CT molecular complexity index is 1180. The second-order valence-electron chi connectivity index (χ2n) is 10.0. The van der Waals surface area contributed by atoms with Crippen LogP contribution in [-0.4, -0.2) is 36.9 Å². The molecule has 1 aromatic carbocycles. The maximum atomic E-state index is 6.79. The third kappa shape index (κ3) is 4.30. The molecule has 0 radical (unpaired) electrons. The Hall–Kier alpha value is -2.91. The molecule has 2 N–H and O–H groups in total. The lowest BCUT2D eigenvalue weighted by Crippen LogP contribution is -2.44. The number of nitrogens with two attached hydrogens (primary N) is 1. The fraction of sp³-hybridized carbons (Fsp3) is 0.400. The molecule has 1 aromatic rings. The van der Waals surface area contributed by atoms with Crippen molar-refractivity contribution in [1.29, 1.82) is 0 Å². The first-order valence-electron chi connectivity index (χ1n) is 12.4. The number of hydrogen-bond acceptors (Lipinski definition) is 4. The molecule has 4 nitrogen and oxygen atoms in total. The molecule has 1 atom stereocenters. The average molecular weight is 454 g/mol. The first-order valence-corrected chi connectivity index (χ1v) is 12.4. The van der Waals surface area contributed by atoms with Crippen molar-refractivity contribution in [3.63, 3.8) is 0 Å². The van der Waals surface area contributed by atoms with Crippen molar-refractivity contribution in [3.05, 3.63) is 100 Å². The highest BCUT2D eigenvalue weighted by Gasteiger charge is 2.46. The molecule has 4 aliphatic rings. The van der Waals surface area contributed by atoms with Crippen LogP contribution < -0.4 is 5.73 Å². The van der Waals surface area contributed by atoms with Crippen LogP contribution in [0.1, 0.15) is 50.3 Å². The minimum absolute atomic E-state index is 0.131. The molecule has 1 saturated heterocycles. The minimum atomic E-state index is 0.131. The second kappa shape index (κ2) is 9.38. The topological polar surface area (TPSA) is 50.8 Å². The minimum Gasteiger partial charge on any atom is -0.377 e. The van der Waals surface area contributed by atoms with Gasteiger partial charge < -0.3 is 15.4 Å². The molecule has 34 heavy (non-hydrogen) atoms. The fourth-order valence-electron chi connectivity index (χ4n) is 5.70. The summed E-state index contributed by atoms with van der Waals surface area (Å²) in [5, 5.41) is 0. The molecule has 3 heterocycles. The standard InChI is InChI=1S/C30H35N3O/c1-21(24-12-18-34-19-13-24)10-11-27-22(2)8-9-23(3)29(32-27)33-16-14-30(15-17-33)20-25-6-4-5-7-26(25)28(30)31/h4-7,9-12,28H,1,13-20,31H2,2-3H3/b11-10-/t28-/m1/s1. The van der Waals surface area contributed by atoms with Gasteiger partial charge in [-0.05, 0) is 84.9 Å². The van der Waals surface area contributed by atoms with Crippen molar-refractivity contribution < 1.29 is 4.74 Å². The monoisotopic (exact) mass is 453 g/mol. The Morgan fingerprint density at radius 2 is 2.06 bits per heavy atom. The molecule has 0 amide bonds. The molecule has 1 aliphatic carbocycles. The van der Waals surface area contributed by atoms with Crippen LogP contribution in [0.25, 0.3) is 0 Å². The fourth-order valence-corrected chi connectivity index (χ4v) is 5.70. The molecule has 5 rings (SSSR count). The number of benzene rings is 1. The van der Waals surface area contributed by atoms with Crippen molar-refractivity contribution in [2.24, 2.45) is 16.1 Å². The van der Waals surface area contributed by atoms with E-state index in [-0.39, 0.29) is 11.5 Å². The van der Waals surface area contributed by atoms with Gasteiger partial charge >= 0.3 is 0 Å². The van der Waals surface area contributed by atoms with E-state index in [1.54, 1.807) is 0 Å². The Kier molecular flexibility index (Phi) is 6.31. The van der Waals surface area contributed by atoms with Crippen LogP contribution in [-0.2, 0) is 11.2 Å². The Morgan fingerprint density at radius 3 is 2.79 bits per heavy atom. The highest BCUT2D eigenvalue weighted by molar-refractivity contribution is 6.08. The molecule has 1 fully saturated rings. The summed E-state index contributed by atoms with van der Waals surface area (Å²) < 4.78 is 5.43. The van der Waals surface area contributed by atoms with Crippen LogP contribution in [0, 0.1) is 5.41 Å². The molecule has 0 unspecified atom stereocenters. The SMILES string of the molecule is C=C(/C=C\C1=NC(N2CCC3(CC2)Cc2ccccc2[C@H]3N)=C(C)C=C=C1C)C1=CCOCC1. The summed E-state index contributed by atoms with van der Waals surface area (Å²) in [5.74, 6) is 1.05. The number of aliphatic imine (C=N–C) groups is 1. The van der Waals surface area contributed by atoms with Gasteiger partial charge in [0.1, 0.15) is 5.82 Å². The molecular weight excluding hydrogens is 418 g/mol. The summed E-state index contributed by atoms with van der Waals surface area (Å²) >= 11 is 0.